The van der Waals surface area contributed by atoms with Gasteiger partial charge in [0.2, 0.25) is 0 Å². The normalized spacial score (nSPS) is 16.7. The number of aryl methyl sites for hydroxylation is 1. The molecule has 1 saturated carbocycles. The number of aromatic nitrogens is 2. The Bertz CT molecular complexity index is 421. The van der Waals surface area contributed by atoms with E-state index in [1.165, 1.54) is 32.1 Å². The van der Waals surface area contributed by atoms with Gasteiger partial charge in [0.25, 0.3) is 5.56 Å². The molecule has 1 aliphatic carbocycles. The van der Waals surface area contributed by atoms with Gasteiger partial charge in [0.15, 0.2) is 5.82 Å². The lowest BCUT2D eigenvalue weighted by Crippen LogP contribution is -2.27. The summed E-state index contributed by atoms with van der Waals surface area (Å²) < 4.78 is 1.73. The van der Waals surface area contributed by atoms with Crippen LogP contribution in [0.25, 0.3) is 0 Å². The first-order valence-electron chi connectivity index (χ1n) is 7.10. The number of rotatable bonds is 5. The van der Waals surface area contributed by atoms with E-state index in [0.29, 0.717) is 11.7 Å². The predicted octanol–water partition coefficient (Wildman–Crippen LogP) is 2.65. The zero-order valence-electron chi connectivity index (χ0n) is 11.2. The summed E-state index contributed by atoms with van der Waals surface area (Å²) in [4.78, 5) is 16.2. The Morgan fingerprint density at radius 3 is 2.89 bits per heavy atom. The second kappa shape index (κ2) is 6.57. The molecule has 18 heavy (non-hydrogen) atoms. The summed E-state index contributed by atoms with van der Waals surface area (Å²) in [6, 6.07) is 0. The average Bonchev–Trinajstić information content (AvgIpc) is 2.41. The minimum Gasteiger partial charge on any atom is -0.365 e. The van der Waals surface area contributed by atoms with Crippen LogP contribution in [0.5, 0.6) is 0 Å². The Labute approximate surface area is 108 Å². The molecule has 0 amide bonds. The molecule has 1 fully saturated rings. The summed E-state index contributed by atoms with van der Waals surface area (Å²) in [5.74, 6) is 1.22. The summed E-state index contributed by atoms with van der Waals surface area (Å²) in [7, 11) is 0. The number of hydrogen-bond acceptors (Lipinski definition) is 3. The molecular formula is C14H23N3O. The maximum Gasteiger partial charge on any atom is 0.293 e. The van der Waals surface area contributed by atoms with Gasteiger partial charge in [0.05, 0.1) is 0 Å². The SMILES string of the molecule is CCCn1ccnc(NCC2CCCCC2)c1=O. The Kier molecular flexibility index (Phi) is 4.79. The van der Waals surface area contributed by atoms with E-state index in [-0.39, 0.29) is 5.56 Å². The highest BCUT2D eigenvalue weighted by molar-refractivity contribution is 5.30. The summed E-state index contributed by atoms with van der Waals surface area (Å²) in [6.07, 6.45) is 11.0. The molecule has 0 bridgehead atoms. The Morgan fingerprint density at radius 1 is 1.39 bits per heavy atom. The van der Waals surface area contributed by atoms with Crippen molar-refractivity contribution in [3.8, 4) is 0 Å². The fraction of sp³-hybridized carbons (Fsp3) is 0.714. The number of nitrogens with zero attached hydrogens (tertiary/aromatic N) is 2. The quantitative estimate of drug-likeness (QED) is 0.872. The molecule has 4 nitrogen and oxygen atoms in total. The van der Waals surface area contributed by atoms with Crippen molar-refractivity contribution in [2.75, 3.05) is 11.9 Å². The van der Waals surface area contributed by atoms with Crippen molar-refractivity contribution in [3.63, 3.8) is 0 Å². The number of nitrogens with one attached hydrogen (secondary N) is 1. The maximum absolute atomic E-state index is 12.1. The van der Waals surface area contributed by atoms with Crippen LogP contribution in [-0.4, -0.2) is 16.1 Å². The molecule has 1 aliphatic rings. The van der Waals surface area contributed by atoms with Gasteiger partial charge in [-0.15, -0.1) is 0 Å². The summed E-state index contributed by atoms with van der Waals surface area (Å²) in [5, 5.41) is 3.24. The Morgan fingerprint density at radius 2 is 2.17 bits per heavy atom. The van der Waals surface area contributed by atoms with Crippen molar-refractivity contribution in [1.82, 2.24) is 9.55 Å². The molecule has 2 rings (SSSR count). The standard InChI is InChI=1S/C14H23N3O/c1-2-9-17-10-8-15-13(14(17)18)16-11-12-6-4-3-5-7-12/h8,10,12H,2-7,9,11H2,1H3,(H,15,16). The van der Waals surface area contributed by atoms with Crippen molar-refractivity contribution in [2.24, 2.45) is 5.92 Å². The molecule has 0 saturated heterocycles. The maximum atomic E-state index is 12.1. The first-order valence-corrected chi connectivity index (χ1v) is 7.10. The van der Waals surface area contributed by atoms with Crippen molar-refractivity contribution in [1.29, 1.82) is 0 Å². The minimum atomic E-state index is 0.00941. The molecule has 0 radical (unpaired) electrons. The van der Waals surface area contributed by atoms with E-state index >= 15 is 0 Å². The van der Waals surface area contributed by atoms with Gasteiger partial charge in [-0.1, -0.05) is 26.2 Å². The smallest absolute Gasteiger partial charge is 0.293 e. The molecule has 0 spiro atoms. The molecule has 1 aromatic heterocycles. The zero-order valence-corrected chi connectivity index (χ0v) is 11.2. The lowest BCUT2D eigenvalue weighted by Gasteiger charge is -2.21. The van der Waals surface area contributed by atoms with Gasteiger partial charge in [0, 0.05) is 25.5 Å². The number of hydrogen-bond donors (Lipinski definition) is 1. The largest absolute Gasteiger partial charge is 0.365 e. The fourth-order valence-electron chi connectivity index (χ4n) is 2.62. The van der Waals surface area contributed by atoms with Crippen LogP contribution in [0, 0.1) is 5.92 Å². The van der Waals surface area contributed by atoms with Crippen LogP contribution in [0.2, 0.25) is 0 Å². The highest BCUT2D eigenvalue weighted by Crippen LogP contribution is 2.23. The van der Waals surface area contributed by atoms with Gasteiger partial charge in [0.1, 0.15) is 0 Å². The predicted molar refractivity (Wildman–Crippen MR) is 73.9 cm³/mol. The highest BCUT2D eigenvalue weighted by Gasteiger charge is 2.14. The van der Waals surface area contributed by atoms with Gasteiger partial charge < -0.3 is 9.88 Å². The lowest BCUT2D eigenvalue weighted by atomic mass is 9.89. The third-order valence-corrected chi connectivity index (χ3v) is 3.66. The van der Waals surface area contributed by atoms with Gasteiger partial charge in [-0.25, -0.2) is 4.98 Å². The van der Waals surface area contributed by atoms with Gasteiger partial charge in [-0.3, -0.25) is 4.79 Å². The molecule has 0 aliphatic heterocycles. The van der Waals surface area contributed by atoms with E-state index in [2.05, 4.69) is 17.2 Å². The van der Waals surface area contributed by atoms with Gasteiger partial charge >= 0.3 is 0 Å². The topological polar surface area (TPSA) is 46.9 Å². The van der Waals surface area contributed by atoms with E-state index in [0.717, 1.165) is 19.5 Å². The monoisotopic (exact) mass is 249 g/mol. The van der Waals surface area contributed by atoms with E-state index in [9.17, 15) is 4.79 Å². The zero-order chi connectivity index (χ0) is 12.8. The molecule has 0 atom stereocenters. The van der Waals surface area contributed by atoms with Crippen LogP contribution in [-0.2, 0) is 6.54 Å². The van der Waals surface area contributed by atoms with Crippen molar-refractivity contribution in [3.05, 3.63) is 22.7 Å². The fourth-order valence-corrected chi connectivity index (χ4v) is 2.62. The second-order valence-electron chi connectivity index (χ2n) is 5.16. The van der Waals surface area contributed by atoms with Crippen molar-refractivity contribution in [2.45, 2.75) is 52.0 Å². The molecule has 1 heterocycles. The average molecular weight is 249 g/mol. The first kappa shape index (κ1) is 13.1. The van der Waals surface area contributed by atoms with E-state index < -0.39 is 0 Å². The van der Waals surface area contributed by atoms with Crippen LogP contribution >= 0.6 is 0 Å². The number of anilines is 1. The third kappa shape index (κ3) is 3.34. The minimum absolute atomic E-state index is 0.00941. The molecule has 4 heteroatoms. The van der Waals surface area contributed by atoms with Gasteiger partial charge in [-0.2, -0.15) is 0 Å². The van der Waals surface area contributed by atoms with Crippen LogP contribution in [0.4, 0.5) is 5.82 Å². The molecule has 100 valence electrons. The van der Waals surface area contributed by atoms with E-state index in [1.807, 2.05) is 0 Å². The van der Waals surface area contributed by atoms with Crippen molar-refractivity contribution < 1.29 is 0 Å². The summed E-state index contributed by atoms with van der Waals surface area (Å²) in [5.41, 5.74) is 0.00941. The van der Waals surface area contributed by atoms with Crippen LogP contribution < -0.4 is 10.9 Å². The summed E-state index contributed by atoms with van der Waals surface area (Å²) in [6.45, 7) is 3.72. The van der Waals surface area contributed by atoms with E-state index in [4.69, 9.17) is 0 Å². The third-order valence-electron chi connectivity index (χ3n) is 3.66. The summed E-state index contributed by atoms with van der Waals surface area (Å²) >= 11 is 0. The molecule has 1 aromatic rings. The molecule has 0 aromatic carbocycles. The van der Waals surface area contributed by atoms with Crippen LogP contribution in [0.1, 0.15) is 45.4 Å². The first-order chi connectivity index (χ1) is 8.81. The molecule has 0 unspecified atom stereocenters. The van der Waals surface area contributed by atoms with Crippen LogP contribution in [0.3, 0.4) is 0 Å². The van der Waals surface area contributed by atoms with Crippen LogP contribution in [0.15, 0.2) is 17.2 Å². The Balaban J connectivity index is 1.96. The molecular weight excluding hydrogens is 226 g/mol. The van der Waals surface area contributed by atoms with Crippen molar-refractivity contribution >= 4 is 5.82 Å². The Hall–Kier alpha value is -1.32. The molecule has 1 N–H and O–H groups in total. The van der Waals surface area contributed by atoms with E-state index in [1.54, 1.807) is 17.0 Å². The van der Waals surface area contributed by atoms with Gasteiger partial charge in [-0.05, 0) is 25.2 Å². The second-order valence-corrected chi connectivity index (χ2v) is 5.16. The lowest BCUT2D eigenvalue weighted by molar-refractivity contribution is 0.373. The highest BCUT2D eigenvalue weighted by atomic mass is 16.1.